The number of benzene rings is 1. The number of fused-ring (bicyclic) bond motifs is 2. The van der Waals surface area contributed by atoms with E-state index in [1.165, 1.54) is 18.4 Å². The molecular formula is C19H28N2O2. The SMILES string of the molecule is COc1ccc(C(C)CCNC(=O)C2C3CCC(C3)C2N)cc1. The minimum Gasteiger partial charge on any atom is -0.497 e. The van der Waals surface area contributed by atoms with E-state index in [2.05, 4.69) is 24.4 Å². The number of hydrogen-bond donors (Lipinski definition) is 2. The maximum atomic E-state index is 12.4. The summed E-state index contributed by atoms with van der Waals surface area (Å²) in [5, 5.41) is 3.12. The molecule has 0 saturated heterocycles. The summed E-state index contributed by atoms with van der Waals surface area (Å²) in [6.45, 7) is 2.91. The van der Waals surface area contributed by atoms with Crippen LogP contribution in [0.25, 0.3) is 0 Å². The second-order valence-corrected chi connectivity index (χ2v) is 7.19. The van der Waals surface area contributed by atoms with Crippen molar-refractivity contribution in [3.63, 3.8) is 0 Å². The highest BCUT2D eigenvalue weighted by Crippen LogP contribution is 2.47. The van der Waals surface area contributed by atoms with Crippen LogP contribution >= 0.6 is 0 Å². The average molecular weight is 316 g/mol. The zero-order valence-corrected chi connectivity index (χ0v) is 14.1. The molecule has 0 radical (unpaired) electrons. The van der Waals surface area contributed by atoms with E-state index in [0.29, 0.717) is 24.3 Å². The first-order valence-corrected chi connectivity index (χ1v) is 8.77. The molecule has 2 aliphatic carbocycles. The van der Waals surface area contributed by atoms with Crippen molar-refractivity contribution in [2.24, 2.45) is 23.5 Å². The van der Waals surface area contributed by atoms with Gasteiger partial charge in [-0.25, -0.2) is 0 Å². The Kier molecular flexibility index (Phi) is 4.90. The van der Waals surface area contributed by atoms with E-state index in [4.69, 9.17) is 10.5 Å². The Bertz CT molecular complexity index is 541. The number of nitrogens with one attached hydrogen (secondary N) is 1. The summed E-state index contributed by atoms with van der Waals surface area (Å²) in [4.78, 5) is 12.4. The van der Waals surface area contributed by atoms with Crippen molar-refractivity contribution < 1.29 is 9.53 Å². The number of methoxy groups -OCH3 is 1. The molecule has 1 amide bonds. The Balaban J connectivity index is 1.46. The quantitative estimate of drug-likeness (QED) is 0.848. The average Bonchev–Trinajstić information content (AvgIpc) is 3.15. The molecule has 126 valence electrons. The van der Waals surface area contributed by atoms with Crippen LogP contribution in [0.2, 0.25) is 0 Å². The van der Waals surface area contributed by atoms with Gasteiger partial charge in [0.15, 0.2) is 0 Å². The van der Waals surface area contributed by atoms with E-state index in [-0.39, 0.29) is 17.9 Å². The molecule has 3 N–H and O–H groups in total. The van der Waals surface area contributed by atoms with E-state index in [1.807, 2.05) is 12.1 Å². The van der Waals surface area contributed by atoms with Gasteiger partial charge in [0.1, 0.15) is 5.75 Å². The zero-order chi connectivity index (χ0) is 16.4. The van der Waals surface area contributed by atoms with Crippen LogP contribution < -0.4 is 15.8 Å². The minimum atomic E-state index is 0.0463. The predicted molar refractivity (Wildman–Crippen MR) is 91.3 cm³/mol. The van der Waals surface area contributed by atoms with Gasteiger partial charge in [0.05, 0.1) is 13.0 Å². The number of hydrogen-bond acceptors (Lipinski definition) is 3. The normalized spacial score (nSPS) is 30.2. The second-order valence-electron chi connectivity index (χ2n) is 7.19. The third-order valence-electron chi connectivity index (χ3n) is 5.84. The molecule has 2 saturated carbocycles. The van der Waals surface area contributed by atoms with Crippen LogP contribution in [0, 0.1) is 17.8 Å². The Morgan fingerprint density at radius 1 is 1.30 bits per heavy atom. The highest BCUT2D eigenvalue weighted by molar-refractivity contribution is 5.80. The van der Waals surface area contributed by atoms with Gasteiger partial charge in [-0.1, -0.05) is 19.1 Å². The molecule has 1 aromatic rings. The highest BCUT2D eigenvalue weighted by Gasteiger charge is 2.48. The Morgan fingerprint density at radius 3 is 2.61 bits per heavy atom. The number of nitrogens with two attached hydrogens (primary N) is 1. The number of rotatable bonds is 6. The summed E-state index contributed by atoms with van der Waals surface area (Å²) in [6.07, 6.45) is 4.48. The first-order valence-electron chi connectivity index (χ1n) is 8.77. The second kappa shape index (κ2) is 6.91. The summed E-state index contributed by atoms with van der Waals surface area (Å²) in [7, 11) is 1.67. The molecule has 23 heavy (non-hydrogen) atoms. The smallest absolute Gasteiger partial charge is 0.224 e. The number of carbonyl (C=O) groups excluding carboxylic acids is 1. The molecule has 2 fully saturated rings. The van der Waals surface area contributed by atoms with Gasteiger partial charge >= 0.3 is 0 Å². The lowest BCUT2D eigenvalue weighted by atomic mass is 9.84. The lowest BCUT2D eigenvalue weighted by Gasteiger charge is -2.27. The van der Waals surface area contributed by atoms with Crippen molar-refractivity contribution in [3.8, 4) is 5.75 Å². The van der Waals surface area contributed by atoms with Crippen LogP contribution in [-0.4, -0.2) is 25.6 Å². The van der Waals surface area contributed by atoms with Gasteiger partial charge in [0, 0.05) is 12.6 Å². The minimum absolute atomic E-state index is 0.0463. The molecule has 2 aliphatic rings. The van der Waals surface area contributed by atoms with E-state index < -0.39 is 0 Å². The first-order chi connectivity index (χ1) is 11.1. The fourth-order valence-electron chi connectivity index (χ4n) is 4.35. The highest BCUT2D eigenvalue weighted by atomic mass is 16.5. The Morgan fingerprint density at radius 2 is 2.00 bits per heavy atom. The molecule has 0 heterocycles. The van der Waals surface area contributed by atoms with Crippen LogP contribution in [0.3, 0.4) is 0 Å². The molecule has 3 rings (SSSR count). The third kappa shape index (κ3) is 3.37. The topological polar surface area (TPSA) is 64.3 Å². The zero-order valence-electron chi connectivity index (χ0n) is 14.1. The van der Waals surface area contributed by atoms with Gasteiger partial charge < -0.3 is 15.8 Å². The van der Waals surface area contributed by atoms with Gasteiger partial charge in [-0.3, -0.25) is 4.79 Å². The monoisotopic (exact) mass is 316 g/mol. The molecule has 0 spiro atoms. The van der Waals surface area contributed by atoms with Crippen molar-refractivity contribution >= 4 is 5.91 Å². The number of ether oxygens (including phenoxy) is 1. The van der Waals surface area contributed by atoms with Crippen LogP contribution in [-0.2, 0) is 4.79 Å². The van der Waals surface area contributed by atoms with Crippen LogP contribution in [0.5, 0.6) is 5.75 Å². The Hall–Kier alpha value is -1.55. The summed E-state index contributed by atoms with van der Waals surface area (Å²) < 4.78 is 5.18. The number of carbonyl (C=O) groups is 1. The van der Waals surface area contributed by atoms with E-state index in [9.17, 15) is 4.79 Å². The molecule has 0 aliphatic heterocycles. The lowest BCUT2D eigenvalue weighted by Crippen LogP contribution is -2.45. The van der Waals surface area contributed by atoms with Gasteiger partial charge in [-0.15, -0.1) is 0 Å². The molecule has 4 nitrogen and oxygen atoms in total. The van der Waals surface area contributed by atoms with Crippen molar-refractivity contribution in [2.45, 2.75) is 44.6 Å². The molecule has 0 aromatic heterocycles. The summed E-state index contributed by atoms with van der Waals surface area (Å²) in [6, 6.07) is 8.24. The first kappa shape index (κ1) is 16.3. The van der Waals surface area contributed by atoms with E-state index in [0.717, 1.165) is 18.6 Å². The summed E-state index contributed by atoms with van der Waals surface area (Å²) >= 11 is 0. The molecule has 5 unspecified atom stereocenters. The number of amides is 1. The molecule has 2 bridgehead atoms. The van der Waals surface area contributed by atoms with E-state index in [1.54, 1.807) is 7.11 Å². The van der Waals surface area contributed by atoms with Crippen LogP contribution in [0.1, 0.15) is 44.1 Å². The van der Waals surface area contributed by atoms with Crippen molar-refractivity contribution in [2.75, 3.05) is 13.7 Å². The molecule has 4 heteroatoms. The fourth-order valence-corrected chi connectivity index (χ4v) is 4.35. The fraction of sp³-hybridized carbons (Fsp3) is 0.632. The van der Waals surface area contributed by atoms with Crippen molar-refractivity contribution in [1.29, 1.82) is 0 Å². The molecule has 5 atom stereocenters. The molecular weight excluding hydrogens is 288 g/mol. The van der Waals surface area contributed by atoms with Gasteiger partial charge in [-0.2, -0.15) is 0 Å². The summed E-state index contributed by atoms with van der Waals surface area (Å²) in [5.41, 5.74) is 7.52. The third-order valence-corrected chi connectivity index (χ3v) is 5.84. The maximum absolute atomic E-state index is 12.4. The van der Waals surface area contributed by atoms with Crippen molar-refractivity contribution in [1.82, 2.24) is 5.32 Å². The van der Waals surface area contributed by atoms with E-state index >= 15 is 0 Å². The lowest BCUT2D eigenvalue weighted by molar-refractivity contribution is -0.127. The molecule has 1 aromatic carbocycles. The predicted octanol–water partition coefficient (Wildman–Crippen LogP) is 2.68. The standard InChI is InChI=1S/C19H28N2O2/c1-12(13-5-7-16(23-2)8-6-13)9-10-21-19(22)17-14-3-4-15(11-14)18(17)20/h5-8,12,14-15,17-18H,3-4,9-11,20H2,1-2H3,(H,21,22). The van der Waals surface area contributed by atoms with Crippen LogP contribution in [0.15, 0.2) is 24.3 Å². The van der Waals surface area contributed by atoms with Crippen molar-refractivity contribution in [3.05, 3.63) is 29.8 Å². The summed E-state index contributed by atoms with van der Waals surface area (Å²) in [5.74, 6) is 2.61. The van der Waals surface area contributed by atoms with Gasteiger partial charge in [-0.05, 0) is 61.1 Å². The maximum Gasteiger partial charge on any atom is 0.224 e. The van der Waals surface area contributed by atoms with Gasteiger partial charge in [0.25, 0.3) is 0 Å². The van der Waals surface area contributed by atoms with Gasteiger partial charge in [0.2, 0.25) is 5.91 Å². The largest absolute Gasteiger partial charge is 0.497 e. The van der Waals surface area contributed by atoms with Crippen LogP contribution in [0.4, 0.5) is 0 Å². The Labute approximate surface area is 138 Å².